The second kappa shape index (κ2) is 10.6. The van der Waals surface area contributed by atoms with Gasteiger partial charge in [-0.1, -0.05) is 32.0 Å². The van der Waals surface area contributed by atoms with E-state index in [1.807, 2.05) is 19.9 Å². The van der Waals surface area contributed by atoms with E-state index in [1.165, 1.54) is 10.4 Å². The van der Waals surface area contributed by atoms with Gasteiger partial charge in [0, 0.05) is 35.6 Å². The first kappa shape index (κ1) is 25.1. The van der Waals surface area contributed by atoms with Gasteiger partial charge in [0.1, 0.15) is 0 Å². The van der Waals surface area contributed by atoms with Gasteiger partial charge < -0.3 is 10.6 Å². The second-order valence-electron chi connectivity index (χ2n) is 7.85. The lowest BCUT2D eigenvalue weighted by atomic mass is 10.1. The monoisotopic (exact) mass is 479 g/mol. The SMILES string of the molecule is CCN(CC)S(=O)(=O)c1cc(C)c(C)c(NC(=O)c2ccc(NC(=O)c3ccccc3)cc2)c1. The predicted molar refractivity (Wildman–Crippen MR) is 135 cm³/mol. The van der Waals surface area contributed by atoms with Crippen LogP contribution in [0.25, 0.3) is 0 Å². The topological polar surface area (TPSA) is 95.6 Å². The molecule has 2 N–H and O–H groups in total. The molecule has 3 rings (SSSR count). The molecule has 0 atom stereocenters. The second-order valence-corrected chi connectivity index (χ2v) is 9.79. The summed E-state index contributed by atoms with van der Waals surface area (Å²) in [6.07, 6.45) is 0. The fourth-order valence-electron chi connectivity index (χ4n) is 3.51. The summed E-state index contributed by atoms with van der Waals surface area (Å²) in [6, 6.07) is 18.5. The minimum atomic E-state index is -3.66. The van der Waals surface area contributed by atoms with Crippen molar-refractivity contribution in [3.8, 4) is 0 Å². The predicted octanol–water partition coefficient (Wildman–Crippen LogP) is 4.84. The summed E-state index contributed by atoms with van der Waals surface area (Å²) < 4.78 is 27.3. The number of rotatable bonds is 8. The van der Waals surface area contributed by atoms with E-state index in [-0.39, 0.29) is 16.7 Å². The van der Waals surface area contributed by atoms with Crippen molar-refractivity contribution < 1.29 is 18.0 Å². The van der Waals surface area contributed by atoms with Crippen LogP contribution in [0.1, 0.15) is 45.7 Å². The van der Waals surface area contributed by atoms with E-state index < -0.39 is 10.0 Å². The van der Waals surface area contributed by atoms with Gasteiger partial charge in [-0.15, -0.1) is 0 Å². The van der Waals surface area contributed by atoms with E-state index in [1.54, 1.807) is 68.4 Å². The Morgan fingerprint density at radius 1 is 0.794 bits per heavy atom. The molecule has 7 nitrogen and oxygen atoms in total. The minimum absolute atomic E-state index is 0.147. The molecule has 8 heteroatoms. The highest BCUT2D eigenvalue weighted by atomic mass is 32.2. The van der Waals surface area contributed by atoms with Gasteiger partial charge in [-0.25, -0.2) is 8.42 Å². The third-order valence-electron chi connectivity index (χ3n) is 5.67. The van der Waals surface area contributed by atoms with Gasteiger partial charge >= 0.3 is 0 Å². The largest absolute Gasteiger partial charge is 0.322 e. The molecule has 3 aromatic carbocycles. The first-order chi connectivity index (χ1) is 16.2. The van der Waals surface area contributed by atoms with Crippen molar-refractivity contribution in [2.75, 3.05) is 23.7 Å². The number of hydrogen-bond donors (Lipinski definition) is 2. The summed E-state index contributed by atoms with van der Waals surface area (Å²) in [6.45, 7) is 7.95. The van der Waals surface area contributed by atoms with E-state index >= 15 is 0 Å². The molecule has 3 aromatic rings. The smallest absolute Gasteiger partial charge is 0.255 e. The van der Waals surface area contributed by atoms with Gasteiger partial charge in [-0.05, 0) is 73.5 Å². The fourth-order valence-corrected chi connectivity index (χ4v) is 5.08. The Morgan fingerprint density at radius 2 is 1.35 bits per heavy atom. The molecule has 34 heavy (non-hydrogen) atoms. The van der Waals surface area contributed by atoms with Crippen molar-refractivity contribution in [2.45, 2.75) is 32.6 Å². The van der Waals surface area contributed by atoms with Crippen LogP contribution in [0.2, 0.25) is 0 Å². The molecule has 0 aliphatic rings. The number of amides is 2. The van der Waals surface area contributed by atoms with E-state index in [0.29, 0.717) is 35.6 Å². The Labute approximate surface area is 200 Å². The first-order valence-corrected chi connectivity index (χ1v) is 12.5. The molecule has 0 saturated heterocycles. The normalized spacial score (nSPS) is 11.3. The number of benzene rings is 3. The van der Waals surface area contributed by atoms with Crippen LogP contribution < -0.4 is 10.6 Å². The van der Waals surface area contributed by atoms with Crippen LogP contribution in [0, 0.1) is 13.8 Å². The highest BCUT2D eigenvalue weighted by Gasteiger charge is 2.23. The number of sulfonamides is 1. The third-order valence-corrected chi connectivity index (χ3v) is 7.70. The summed E-state index contributed by atoms with van der Waals surface area (Å²) in [5.74, 6) is -0.615. The molecule has 0 bridgehead atoms. The summed E-state index contributed by atoms with van der Waals surface area (Å²) in [5.41, 5.74) is 3.48. The Morgan fingerprint density at radius 3 is 1.94 bits per heavy atom. The van der Waals surface area contributed by atoms with Crippen LogP contribution in [0.4, 0.5) is 11.4 Å². The number of anilines is 2. The first-order valence-electron chi connectivity index (χ1n) is 11.1. The zero-order valence-corrected chi connectivity index (χ0v) is 20.6. The average Bonchev–Trinajstić information content (AvgIpc) is 2.83. The summed E-state index contributed by atoms with van der Waals surface area (Å²) >= 11 is 0. The number of carbonyl (C=O) groups is 2. The summed E-state index contributed by atoms with van der Waals surface area (Å²) in [7, 11) is -3.66. The van der Waals surface area contributed by atoms with Crippen LogP contribution in [-0.2, 0) is 10.0 Å². The molecular formula is C26H29N3O4S. The van der Waals surface area contributed by atoms with Gasteiger partial charge in [0.15, 0.2) is 0 Å². The van der Waals surface area contributed by atoms with E-state index in [0.717, 1.165) is 11.1 Å². The van der Waals surface area contributed by atoms with Gasteiger partial charge in [0.2, 0.25) is 10.0 Å². The third kappa shape index (κ3) is 5.52. The van der Waals surface area contributed by atoms with E-state index in [9.17, 15) is 18.0 Å². The zero-order valence-electron chi connectivity index (χ0n) is 19.8. The van der Waals surface area contributed by atoms with Crippen LogP contribution in [0.15, 0.2) is 71.6 Å². The van der Waals surface area contributed by atoms with Crippen molar-refractivity contribution in [1.82, 2.24) is 4.31 Å². The molecule has 0 heterocycles. The van der Waals surface area contributed by atoms with Gasteiger partial charge in [-0.3, -0.25) is 9.59 Å². The highest BCUT2D eigenvalue weighted by Crippen LogP contribution is 2.27. The lowest BCUT2D eigenvalue weighted by Crippen LogP contribution is -2.30. The van der Waals surface area contributed by atoms with E-state index in [4.69, 9.17) is 0 Å². The molecule has 0 aliphatic carbocycles. The zero-order chi connectivity index (χ0) is 24.9. The maximum atomic E-state index is 13.0. The standard InChI is InChI=1S/C26H29N3O4S/c1-5-29(6-2)34(32,33)23-16-18(3)19(4)24(17-23)28-26(31)21-12-14-22(15-13-21)27-25(30)20-10-8-7-9-11-20/h7-17H,5-6H2,1-4H3,(H,27,30)(H,28,31). The maximum absolute atomic E-state index is 13.0. The lowest BCUT2D eigenvalue weighted by molar-refractivity contribution is 0.102. The van der Waals surface area contributed by atoms with Crippen molar-refractivity contribution >= 4 is 33.2 Å². The van der Waals surface area contributed by atoms with Crippen LogP contribution >= 0.6 is 0 Å². The number of nitrogens with one attached hydrogen (secondary N) is 2. The molecule has 0 saturated carbocycles. The molecular weight excluding hydrogens is 450 g/mol. The van der Waals surface area contributed by atoms with Crippen molar-refractivity contribution in [2.24, 2.45) is 0 Å². The number of hydrogen-bond acceptors (Lipinski definition) is 4. The fraction of sp³-hybridized carbons (Fsp3) is 0.231. The Bertz CT molecular complexity index is 1280. The molecule has 2 amide bonds. The van der Waals surface area contributed by atoms with Crippen LogP contribution in [0.5, 0.6) is 0 Å². The number of aryl methyl sites for hydroxylation is 1. The summed E-state index contributed by atoms with van der Waals surface area (Å²) in [5, 5.41) is 5.63. The molecule has 0 aromatic heterocycles. The molecule has 0 spiro atoms. The van der Waals surface area contributed by atoms with E-state index in [2.05, 4.69) is 10.6 Å². The minimum Gasteiger partial charge on any atom is -0.322 e. The molecule has 0 fully saturated rings. The van der Waals surface area contributed by atoms with Crippen molar-refractivity contribution in [3.63, 3.8) is 0 Å². The van der Waals surface area contributed by atoms with Gasteiger partial charge in [0.25, 0.3) is 11.8 Å². The van der Waals surface area contributed by atoms with Crippen LogP contribution in [0.3, 0.4) is 0 Å². The molecule has 0 unspecified atom stereocenters. The Balaban J connectivity index is 1.79. The molecule has 0 radical (unpaired) electrons. The number of carbonyl (C=O) groups excluding carboxylic acids is 2. The van der Waals surface area contributed by atoms with Crippen LogP contribution in [-0.4, -0.2) is 37.6 Å². The molecule has 0 aliphatic heterocycles. The Kier molecular flexibility index (Phi) is 7.86. The Hall–Kier alpha value is -3.49. The quantitative estimate of drug-likeness (QED) is 0.483. The maximum Gasteiger partial charge on any atom is 0.255 e. The number of nitrogens with zero attached hydrogens (tertiary/aromatic N) is 1. The lowest BCUT2D eigenvalue weighted by Gasteiger charge is -2.20. The van der Waals surface area contributed by atoms with Crippen molar-refractivity contribution in [1.29, 1.82) is 0 Å². The van der Waals surface area contributed by atoms with Gasteiger partial charge in [0.05, 0.1) is 4.90 Å². The summed E-state index contributed by atoms with van der Waals surface area (Å²) in [4.78, 5) is 25.3. The van der Waals surface area contributed by atoms with Gasteiger partial charge in [-0.2, -0.15) is 4.31 Å². The van der Waals surface area contributed by atoms with Crippen molar-refractivity contribution in [3.05, 3.63) is 89.0 Å². The molecule has 178 valence electrons. The highest BCUT2D eigenvalue weighted by molar-refractivity contribution is 7.89. The average molecular weight is 480 g/mol.